The molecule has 0 saturated carbocycles. The Morgan fingerprint density at radius 3 is 2.53 bits per heavy atom. The summed E-state index contributed by atoms with van der Waals surface area (Å²) in [7, 11) is 5.56. The van der Waals surface area contributed by atoms with E-state index in [4.69, 9.17) is 4.42 Å². The van der Waals surface area contributed by atoms with Crippen molar-refractivity contribution in [3.63, 3.8) is 0 Å². The molecular formula is C23H29N5O4. The van der Waals surface area contributed by atoms with E-state index in [-0.39, 0.29) is 24.9 Å². The van der Waals surface area contributed by atoms with Gasteiger partial charge in [-0.3, -0.25) is 9.36 Å². The van der Waals surface area contributed by atoms with Crippen molar-refractivity contribution >= 4 is 28.7 Å². The Morgan fingerprint density at radius 1 is 1.06 bits per heavy atom. The number of carbonyl (C=O) groups excluding carboxylic acids is 2. The number of amides is 3. The summed E-state index contributed by atoms with van der Waals surface area (Å²) in [5.41, 5.74) is 2.70. The highest BCUT2D eigenvalue weighted by molar-refractivity contribution is 5.93. The van der Waals surface area contributed by atoms with E-state index in [0.717, 1.165) is 5.56 Å². The normalized spacial score (nSPS) is 11.0. The van der Waals surface area contributed by atoms with Gasteiger partial charge in [-0.25, -0.2) is 9.59 Å². The minimum Gasteiger partial charge on any atom is -0.408 e. The predicted octanol–water partition coefficient (Wildman–Crippen LogP) is 2.33. The Hall–Kier alpha value is -3.59. The minimum atomic E-state index is -0.423. The summed E-state index contributed by atoms with van der Waals surface area (Å²) >= 11 is 0. The van der Waals surface area contributed by atoms with Gasteiger partial charge in [0.15, 0.2) is 5.58 Å². The standard InChI is InChI=1S/C23H29N5O4/c1-26(2)13-14-28-19-15-18(9-10-20(19)32-23(28)31)25-21(29)11-12-24-22(30)27(3)16-17-7-5-4-6-8-17/h4-10,15H,11-14,16H2,1-3H3,(H,24,30)(H,25,29). The Morgan fingerprint density at radius 2 is 1.81 bits per heavy atom. The van der Waals surface area contributed by atoms with Gasteiger partial charge in [0.25, 0.3) is 0 Å². The number of hydrogen-bond acceptors (Lipinski definition) is 5. The third-order valence-corrected chi connectivity index (χ3v) is 4.96. The topological polar surface area (TPSA) is 99.8 Å². The lowest BCUT2D eigenvalue weighted by Gasteiger charge is -2.18. The molecule has 0 bridgehead atoms. The largest absolute Gasteiger partial charge is 0.419 e. The first-order chi connectivity index (χ1) is 15.3. The second kappa shape index (κ2) is 10.6. The number of carbonyl (C=O) groups is 2. The maximum Gasteiger partial charge on any atom is 0.419 e. The molecule has 0 radical (unpaired) electrons. The lowest BCUT2D eigenvalue weighted by molar-refractivity contribution is -0.116. The number of hydrogen-bond donors (Lipinski definition) is 2. The number of likely N-dealkylation sites (N-methyl/N-ethyl adjacent to an activating group) is 1. The molecule has 0 spiro atoms. The average molecular weight is 440 g/mol. The van der Waals surface area contributed by atoms with E-state index < -0.39 is 5.76 Å². The van der Waals surface area contributed by atoms with Crippen molar-refractivity contribution in [2.45, 2.75) is 19.5 Å². The molecule has 1 aromatic heterocycles. The molecule has 0 aliphatic heterocycles. The molecule has 1 heterocycles. The molecule has 3 rings (SSSR count). The Balaban J connectivity index is 1.51. The molecule has 0 unspecified atom stereocenters. The highest BCUT2D eigenvalue weighted by Crippen LogP contribution is 2.18. The third kappa shape index (κ3) is 6.21. The molecular weight excluding hydrogens is 410 g/mol. The molecule has 170 valence electrons. The van der Waals surface area contributed by atoms with Crippen molar-refractivity contribution in [2.75, 3.05) is 39.5 Å². The summed E-state index contributed by atoms with van der Waals surface area (Å²) in [4.78, 5) is 40.2. The number of aromatic nitrogens is 1. The molecule has 2 aromatic carbocycles. The van der Waals surface area contributed by atoms with Crippen LogP contribution in [0.1, 0.15) is 12.0 Å². The maximum atomic E-state index is 12.3. The molecule has 32 heavy (non-hydrogen) atoms. The number of oxazole rings is 1. The van der Waals surface area contributed by atoms with Crippen molar-refractivity contribution in [2.24, 2.45) is 0 Å². The maximum absolute atomic E-state index is 12.3. The number of fused-ring (bicyclic) bond motifs is 1. The van der Waals surface area contributed by atoms with Crippen molar-refractivity contribution < 1.29 is 14.0 Å². The van der Waals surface area contributed by atoms with Crippen LogP contribution < -0.4 is 16.4 Å². The van der Waals surface area contributed by atoms with Crippen molar-refractivity contribution in [3.8, 4) is 0 Å². The van der Waals surface area contributed by atoms with Gasteiger partial charge in [-0.1, -0.05) is 30.3 Å². The Labute approximate surface area is 186 Å². The number of nitrogens with zero attached hydrogens (tertiary/aromatic N) is 3. The van der Waals surface area contributed by atoms with Crippen LogP contribution in [0.15, 0.2) is 57.7 Å². The zero-order chi connectivity index (χ0) is 23.1. The number of rotatable bonds is 9. The summed E-state index contributed by atoms with van der Waals surface area (Å²) < 4.78 is 6.82. The summed E-state index contributed by atoms with van der Waals surface area (Å²) in [6.07, 6.45) is 0.127. The molecule has 0 saturated heterocycles. The lowest BCUT2D eigenvalue weighted by Crippen LogP contribution is -2.38. The monoisotopic (exact) mass is 439 g/mol. The van der Waals surface area contributed by atoms with Gasteiger partial charge in [0, 0.05) is 45.3 Å². The van der Waals surface area contributed by atoms with Crippen LogP contribution in [0.4, 0.5) is 10.5 Å². The third-order valence-electron chi connectivity index (χ3n) is 4.96. The first-order valence-corrected chi connectivity index (χ1v) is 10.4. The van der Waals surface area contributed by atoms with Gasteiger partial charge in [0.2, 0.25) is 5.91 Å². The molecule has 9 heteroatoms. The van der Waals surface area contributed by atoms with E-state index in [2.05, 4.69) is 10.6 Å². The van der Waals surface area contributed by atoms with Crippen LogP contribution in [-0.4, -0.2) is 60.5 Å². The Kier molecular flexibility index (Phi) is 7.67. The van der Waals surface area contributed by atoms with Gasteiger partial charge in [-0.2, -0.15) is 0 Å². The first kappa shape index (κ1) is 23.1. The van der Waals surface area contributed by atoms with E-state index in [1.165, 1.54) is 0 Å². The van der Waals surface area contributed by atoms with Gasteiger partial charge >= 0.3 is 11.8 Å². The molecule has 9 nitrogen and oxygen atoms in total. The first-order valence-electron chi connectivity index (χ1n) is 10.4. The summed E-state index contributed by atoms with van der Waals surface area (Å²) in [5, 5.41) is 5.56. The van der Waals surface area contributed by atoms with Crippen molar-refractivity contribution in [1.29, 1.82) is 0 Å². The number of benzene rings is 2. The lowest BCUT2D eigenvalue weighted by atomic mass is 10.2. The molecule has 0 fully saturated rings. The predicted molar refractivity (Wildman–Crippen MR) is 124 cm³/mol. The van der Waals surface area contributed by atoms with E-state index in [0.29, 0.717) is 36.4 Å². The SMILES string of the molecule is CN(C)CCn1c(=O)oc2ccc(NC(=O)CCNC(=O)N(C)Cc3ccccc3)cc21. The van der Waals surface area contributed by atoms with Crippen LogP contribution in [0.2, 0.25) is 0 Å². The smallest absolute Gasteiger partial charge is 0.408 e. The van der Waals surface area contributed by atoms with Crippen LogP contribution in [0.25, 0.3) is 11.1 Å². The van der Waals surface area contributed by atoms with Crippen LogP contribution >= 0.6 is 0 Å². The number of urea groups is 1. The van der Waals surface area contributed by atoms with Gasteiger partial charge in [0.1, 0.15) is 0 Å². The van der Waals surface area contributed by atoms with Crippen LogP contribution in [0.5, 0.6) is 0 Å². The number of anilines is 1. The summed E-state index contributed by atoms with van der Waals surface area (Å²) in [6.45, 7) is 1.87. The fraction of sp³-hybridized carbons (Fsp3) is 0.348. The zero-order valence-electron chi connectivity index (χ0n) is 18.6. The van der Waals surface area contributed by atoms with E-state index in [9.17, 15) is 14.4 Å². The van der Waals surface area contributed by atoms with Crippen LogP contribution in [-0.2, 0) is 17.9 Å². The molecule has 3 aromatic rings. The van der Waals surface area contributed by atoms with Gasteiger partial charge in [0.05, 0.1) is 5.52 Å². The van der Waals surface area contributed by atoms with Crippen LogP contribution in [0, 0.1) is 0 Å². The van der Waals surface area contributed by atoms with E-state index in [1.807, 2.05) is 49.3 Å². The van der Waals surface area contributed by atoms with E-state index >= 15 is 0 Å². The van der Waals surface area contributed by atoms with Gasteiger partial charge in [-0.15, -0.1) is 0 Å². The molecule has 0 atom stereocenters. The van der Waals surface area contributed by atoms with Crippen molar-refractivity contribution in [1.82, 2.24) is 19.7 Å². The van der Waals surface area contributed by atoms with E-state index in [1.54, 1.807) is 34.7 Å². The molecule has 3 amide bonds. The summed E-state index contributed by atoms with van der Waals surface area (Å²) in [6, 6.07) is 14.5. The Bertz CT molecular complexity index is 1120. The summed E-state index contributed by atoms with van der Waals surface area (Å²) in [5.74, 6) is -0.659. The van der Waals surface area contributed by atoms with Gasteiger partial charge in [-0.05, 0) is 37.9 Å². The van der Waals surface area contributed by atoms with Gasteiger partial charge < -0.3 is 24.9 Å². The zero-order valence-corrected chi connectivity index (χ0v) is 18.6. The molecule has 0 aliphatic carbocycles. The number of nitrogens with one attached hydrogen (secondary N) is 2. The fourth-order valence-electron chi connectivity index (χ4n) is 3.22. The van der Waals surface area contributed by atoms with Crippen molar-refractivity contribution in [3.05, 3.63) is 64.6 Å². The fourth-order valence-corrected chi connectivity index (χ4v) is 3.22. The quantitative estimate of drug-likeness (QED) is 0.533. The minimum absolute atomic E-state index is 0.127. The highest BCUT2D eigenvalue weighted by atomic mass is 16.4. The molecule has 0 aliphatic rings. The second-order valence-electron chi connectivity index (χ2n) is 7.88. The second-order valence-corrected chi connectivity index (χ2v) is 7.88. The van der Waals surface area contributed by atoms with Crippen LogP contribution in [0.3, 0.4) is 0 Å². The highest BCUT2D eigenvalue weighted by Gasteiger charge is 2.12. The average Bonchev–Trinajstić information content (AvgIpc) is 3.07. The molecule has 2 N–H and O–H groups in total.